The van der Waals surface area contributed by atoms with Crippen molar-refractivity contribution in [3.05, 3.63) is 35.6 Å². The van der Waals surface area contributed by atoms with Crippen molar-refractivity contribution < 1.29 is 9.87 Å². The van der Waals surface area contributed by atoms with E-state index in [9.17, 15) is 4.39 Å². The van der Waals surface area contributed by atoms with Crippen molar-refractivity contribution in [2.75, 3.05) is 14.1 Å². The molecule has 16 heavy (non-hydrogen) atoms. The summed E-state index contributed by atoms with van der Waals surface area (Å²) >= 11 is 0. The van der Waals surface area contributed by atoms with Crippen molar-refractivity contribution in [2.24, 2.45) is 0 Å². The molecule has 88 valence electrons. The molecule has 2 rings (SSSR count). The SMILES string of the molecule is CN(C)C(=N)C1(c2ccc(F)cc2)CC1.O. The summed E-state index contributed by atoms with van der Waals surface area (Å²) < 4.78 is 12.8. The van der Waals surface area contributed by atoms with Gasteiger partial charge in [-0.2, -0.15) is 0 Å². The second-order valence-electron chi connectivity index (χ2n) is 4.33. The molecule has 3 nitrogen and oxygen atoms in total. The van der Waals surface area contributed by atoms with Crippen molar-refractivity contribution in [1.29, 1.82) is 5.41 Å². The number of hydrogen-bond donors (Lipinski definition) is 1. The van der Waals surface area contributed by atoms with E-state index in [-0.39, 0.29) is 16.7 Å². The molecule has 0 unspecified atom stereocenters. The number of benzene rings is 1. The fourth-order valence-electron chi connectivity index (χ4n) is 1.98. The molecule has 1 saturated carbocycles. The minimum absolute atomic E-state index is 0. The van der Waals surface area contributed by atoms with Gasteiger partial charge in [-0.3, -0.25) is 5.41 Å². The summed E-state index contributed by atoms with van der Waals surface area (Å²) in [6, 6.07) is 6.53. The predicted molar refractivity (Wildman–Crippen MR) is 62.3 cm³/mol. The first-order chi connectivity index (χ1) is 7.06. The van der Waals surface area contributed by atoms with Crippen LogP contribution in [0.15, 0.2) is 24.3 Å². The lowest BCUT2D eigenvalue weighted by Crippen LogP contribution is -2.33. The van der Waals surface area contributed by atoms with Crippen molar-refractivity contribution in [3.63, 3.8) is 0 Å². The Bertz CT molecular complexity index is 383. The van der Waals surface area contributed by atoms with Crippen LogP contribution in [0.3, 0.4) is 0 Å². The molecule has 0 radical (unpaired) electrons. The molecule has 1 aromatic rings. The lowest BCUT2D eigenvalue weighted by atomic mass is 9.94. The van der Waals surface area contributed by atoms with Crippen LogP contribution in [-0.4, -0.2) is 30.3 Å². The fourth-order valence-corrected chi connectivity index (χ4v) is 1.98. The van der Waals surface area contributed by atoms with Crippen LogP contribution in [0.5, 0.6) is 0 Å². The number of likely N-dealkylation sites (N-methyl/N-ethyl adjacent to an activating group) is 1. The number of hydrogen-bond acceptors (Lipinski definition) is 1. The maximum absolute atomic E-state index is 12.8. The molecule has 0 saturated heterocycles. The molecule has 0 amide bonds. The molecule has 4 heteroatoms. The summed E-state index contributed by atoms with van der Waals surface area (Å²) in [6.45, 7) is 0. The van der Waals surface area contributed by atoms with Crippen molar-refractivity contribution >= 4 is 5.84 Å². The molecular formula is C12H17FN2O. The summed E-state index contributed by atoms with van der Waals surface area (Å²) in [4.78, 5) is 1.83. The molecule has 0 heterocycles. The molecule has 0 atom stereocenters. The highest BCUT2D eigenvalue weighted by atomic mass is 19.1. The van der Waals surface area contributed by atoms with E-state index in [1.165, 1.54) is 12.1 Å². The minimum Gasteiger partial charge on any atom is -0.412 e. The lowest BCUT2D eigenvalue weighted by molar-refractivity contribution is 0.575. The van der Waals surface area contributed by atoms with Crippen LogP contribution in [0, 0.1) is 11.2 Å². The van der Waals surface area contributed by atoms with Gasteiger partial charge in [0, 0.05) is 14.1 Å². The van der Waals surface area contributed by atoms with Gasteiger partial charge in [0.2, 0.25) is 0 Å². The first kappa shape index (κ1) is 12.6. The van der Waals surface area contributed by atoms with E-state index in [4.69, 9.17) is 5.41 Å². The Morgan fingerprint density at radius 2 is 1.75 bits per heavy atom. The van der Waals surface area contributed by atoms with Gasteiger partial charge in [0.05, 0.1) is 5.41 Å². The average molecular weight is 224 g/mol. The zero-order chi connectivity index (χ0) is 11.1. The van der Waals surface area contributed by atoms with Gasteiger partial charge in [-0.15, -0.1) is 0 Å². The van der Waals surface area contributed by atoms with Gasteiger partial charge in [0.25, 0.3) is 0 Å². The van der Waals surface area contributed by atoms with E-state index >= 15 is 0 Å². The quantitative estimate of drug-likeness (QED) is 0.601. The summed E-state index contributed by atoms with van der Waals surface area (Å²) in [6.07, 6.45) is 1.99. The molecule has 0 aliphatic heterocycles. The maximum atomic E-state index is 12.8. The summed E-state index contributed by atoms with van der Waals surface area (Å²) in [7, 11) is 3.76. The normalized spacial score (nSPS) is 16.2. The fraction of sp³-hybridized carbons (Fsp3) is 0.417. The second-order valence-corrected chi connectivity index (χ2v) is 4.33. The summed E-state index contributed by atoms with van der Waals surface area (Å²) in [5.74, 6) is 0.403. The minimum atomic E-state index is -0.217. The van der Waals surface area contributed by atoms with E-state index in [1.54, 1.807) is 12.1 Å². The van der Waals surface area contributed by atoms with E-state index in [0.717, 1.165) is 18.4 Å². The van der Waals surface area contributed by atoms with Crippen LogP contribution in [0.4, 0.5) is 4.39 Å². The van der Waals surface area contributed by atoms with Crippen molar-refractivity contribution in [1.82, 2.24) is 4.90 Å². The highest BCUT2D eigenvalue weighted by molar-refractivity contribution is 5.93. The van der Waals surface area contributed by atoms with E-state index in [0.29, 0.717) is 5.84 Å². The summed E-state index contributed by atoms with van der Waals surface area (Å²) in [5, 5.41) is 8.03. The van der Waals surface area contributed by atoms with Gasteiger partial charge < -0.3 is 10.4 Å². The number of nitrogens with one attached hydrogen (secondary N) is 1. The van der Waals surface area contributed by atoms with Crippen molar-refractivity contribution in [3.8, 4) is 0 Å². The number of rotatable bonds is 2. The van der Waals surface area contributed by atoms with Gasteiger partial charge in [-0.1, -0.05) is 12.1 Å². The smallest absolute Gasteiger partial charge is 0.123 e. The molecule has 1 aliphatic rings. The lowest BCUT2D eigenvalue weighted by Gasteiger charge is -2.23. The topological polar surface area (TPSA) is 58.6 Å². The Hall–Kier alpha value is -1.42. The summed E-state index contributed by atoms with van der Waals surface area (Å²) in [5.41, 5.74) is 0.916. The average Bonchev–Trinajstić information content (AvgIpc) is 2.99. The van der Waals surface area contributed by atoms with Gasteiger partial charge in [0.1, 0.15) is 11.7 Å². The Balaban J connectivity index is 0.00000128. The van der Waals surface area contributed by atoms with Crippen molar-refractivity contribution in [2.45, 2.75) is 18.3 Å². The van der Waals surface area contributed by atoms with E-state index < -0.39 is 0 Å². The third-order valence-electron chi connectivity index (χ3n) is 3.05. The first-order valence-electron chi connectivity index (χ1n) is 5.09. The van der Waals surface area contributed by atoms with E-state index in [2.05, 4.69) is 0 Å². The molecule has 0 spiro atoms. The third kappa shape index (κ3) is 1.93. The molecule has 0 aromatic heterocycles. The van der Waals surface area contributed by atoms with Crippen LogP contribution in [0.25, 0.3) is 0 Å². The highest BCUT2D eigenvalue weighted by Gasteiger charge is 2.49. The van der Waals surface area contributed by atoms with Crippen LogP contribution in [0.2, 0.25) is 0 Å². The predicted octanol–water partition coefficient (Wildman–Crippen LogP) is 1.57. The van der Waals surface area contributed by atoms with Gasteiger partial charge in [-0.25, -0.2) is 4.39 Å². The number of amidine groups is 1. The number of nitrogens with zero attached hydrogens (tertiary/aromatic N) is 1. The number of halogens is 1. The Kier molecular flexibility index (Phi) is 3.33. The molecule has 1 aliphatic carbocycles. The molecular weight excluding hydrogens is 207 g/mol. The van der Waals surface area contributed by atoms with Gasteiger partial charge >= 0.3 is 0 Å². The monoisotopic (exact) mass is 224 g/mol. The van der Waals surface area contributed by atoms with Crippen LogP contribution in [0.1, 0.15) is 18.4 Å². The maximum Gasteiger partial charge on any atom is 0.123 e. The first-order valence-corrected chi connectivity index (χ1v) is 5.09. The second kappa shape index (κ2) is 4.22. The molecule has 1 aromatic carbocycles. The standard InChI is InChI=1S/C12H15FN2.H2O/c1-15(2)11(14)12(7-8-12)9-3-5-10(13)6-4-9;/h3-6,14H,7-8H2,1-2H3;1H2. The molecule has 1 fully saturated rings. The Morgan fingerprint density at radius 1 is 1.25 bits per heavy atom. The van der Waals surface area contributed by atoms with E-state index in [1.807, 2.05) is 19.0 Å². The highest BCUT2D eigenvalue weighted by Crippen LogP contribution is 2.49. The molecule has 0 bridgehead atoms. The van der Waals surface area contributed by atoms with Gasteiger partial charge in [-0.05, 0) is 30.5 Å². The van der Waals surface area contributed by atoms with Crippen LogP contribution < -0.4 is 0 Å². The third-order valence-corrected chi connectivity index (χ3v) is 3.05. The molecule has 3 N–H and O–H groups in total. The van der Waals surface area contributed by atoms with Crippen LogP contribution >= 0.6 is 0 Å². The van der Waals surface area contributed by atoms with Crippen LogP contribution in [-0.2, 0) is 5.41 Å². The zero-order valence-electron chi connectivity index (χ0n) is 9.55. The Morgan fingerprint density at radius 3 is 2.12 bits per heavy atom. The Labute approximate surface area is 94.7 Å². The van der Waals surface area contributed by atoms with Gasteiger partial charge in [0.15, 0.2) is 0 Å². The largest absolute Gasteiger partial charge is 0.412 e. The zero-order valence-corrected chi connectivity index (χ0v) is 9.55.